The largest absolute Gasteiger partial charge is 0.462 e. The molecule has 1 saturated heterocycles. The van der Waals surface area contributed by atoms with Gasteiger partial charge in [-0.3, -0.25) is 18.8 Å². The van der Waals surface area contributed by atoms with E-state index < -0.39 is 12.0 Å². The second-order valence-corrected chi connectivity index (χ2v) is 12.0. The van der Waals surface area contributed by atoms with Gasteiger partial charge in [-0.15, -0.1) is 0 Å². The molecule has 41 heavy (non-hydrogen) atoms. The number of pyridine rings is 1. The smallest absolute Gasteiger partial charge is 0.340 e. The van der Waals surface area contributed by atoms with Gasteiger partial charge in [-0.1, -0.05) is 45.9 Å². The van der Waals surface area contributed by atoms with Crippen LogP contribution >= 0.6 is 11.9 Å². The number of fused-ring (bicyclic) bond motifs is 1. The third-order valence-corrected chi connectivity index (χ3v) is 8.71. The second kappa shape index (κ2) is 13.5. The zero-order valence-electron chi connectivity index (χ0n) is 24.8. The van der Waals surface area contributed by atoms with Crippen LogP contribution < -0.4 is 0 Å². The molecular formula is C31H41N5O4S. The van der Waals surface area contributed by atoms with E-state index in [1.165, 1.54) is 4.31 Å². The van der Waals surface area contributed by atoms with E-state index in [1.54, 1.807) is 38.2 Å². The molecule has 0 radical (unpaired) electrons. The Morgan fingerprint density at radius 2 is 1.68 bits per heavy atom. The minimum atomic E-state index is -0.812. The van der Waals surface area contributed by atoms with Crippen molar-refractivity contribution in [1.82, 2.24) is 24.1 Å². The van der Waals surface area contributed by atoms with Crippen LogP contribution in [0.5, 0.6) is 0 Å². The Balaban J connectivity index is 1.60. The van der Waals surface area contributed by atoms with Crippen LogP contribution in [0.3, 0.4) is 0 Å². The molecule has 3 heterocycles. The molecule has 1 aromatic carbocycles. The highest BCUT2D eigenvalue weighted by molar-refractivity contribution is 7.97. The first-order valence-electron chi connectivity index (χ1n) is 14.4. The SMILES string of the molecule is CCOC(=O)c1cccnc1SN(C(=O)c1cc2ccccc2[nH]1)[C@H](C)C(=O)N1CCN(C(C(C)C)C(C)C)CC1. The number of hydrogen-bond acceptors (Lipinski definition) is 7. The molecule has 1 aliphatic rings. The van der Waals surface area contributed by atoms with Crippen molar-refractivity contribution in [3.8, 4) is 0 Å². The van der Waals surface area contributed by atoms with Gasteiger partial charge in [0.05, 0.1) is 12.2 Å². The zero-order chi connectivity index (χ0) is 29.7. The van der Waals surface area contributed by atoms with Crippen molar-refractivity contribution >= 4 is 40.6 Å². The summed E-state index contributed by atoms with van der Waals surface area (Å²) in [5.41, 5.74) is 1.43. The van der Waals surface area contributed by atoms with Crippen molar-refractivity contribution in [2.75, 3.05) is 32.8 Å². The van der Waals surface area contributed by atoms with Crippen molar-refractivity contribution in [1.29, 1.82) is 0 Å². The first-order chi connectivity index (χ1) is 19.6. The maximum atomic E-state index is 14.0. The number of aromatic nitrogens is 2. The maximum Gasteiger partial charge on any atom is 0.340 e. The summed E-state index contributed by atoms with van der Waals surface area (Å²) in [5, 5.41) is 1.20. The number of benzene rings is 1. The molecule has 0 saturated carbocycles. The van der Waals surface area contributed by atoms with Gasteiger partial charge in [-0.2, -0.15) is 0 Å². The summed E-state index contributed by atoms with van der Waals surface area (Å²) in [4.78, 5) is 52.4. The lowest BCUT2D eigenvalue weighted by Crippen LogP contribution is -2.57. The lowest BCUT2D eigenvalue weighted by atomic mass is 9.91. The van der Waals surface area contributed by atoms with Crippen molar-refractivity contribution in [3.05, 3.63) is 59.9 Å². The van der Waals surface area contributed by atoms with Crippen molar-refractivity contribution in [2.24, 2.45) is 11.8 Å². The van der Waals surface area contributed by atoms with Crippen LogP contribution in [0.25, 0.3) is 10.9 Å². The first-order valence-corrected chi connectivity index (χ1v) is 15.1. The molecule has 1 fully saturated rings. The first kappa shape index (κ1) is 30.6. The highest BCUT2D eigenvalue weighted by Gasteiger charge is 2.36. The molecule has 1 aliphatic heterocycles. The van der Waals surface area contributed by atoms with Gasteiger partial charge in [-0.05, 0) is 49.9 Å². The number of H-pyrrole nitrogens is 1. The number of nitrogens with zero attached hydrogens (tertiary/aromatic N) is 4. The van der Waals surface area contributed by atoms with Crippen LogP contribution in [0, 0.1) is 11.8 Å². The lowest BCUT2D eigenvalue weighted by Gasteiger charge is -2.43. The Labute approximate surface area is 246 Å². The highest BCUT2D eigenvalue weighted by Crippen LogP contribution is 2.30. The van der Waals surface area contributed by atoms with Crippen LogP contribution in [0.1, 0.15) is 62.4 Å². The van der Waals surface area contributed by atoms with Gasteiger partial charge in [0.25, 0.3) is 5.91 Å². The minimum absolute atomic E-state index is 0.138. The number of amides is 2. The molecule has 1 atom stereocenters. The molecule has 3 aromatic rings. The minimum Gasteiger partial charge on any atom is -0.462 e. The van der Waals surface area contributed by atoms with E-state index in [1.807, 2.05) is 29.2 Å². The predicted octanol–water partition coefficient (Wildman–Crippen LogP) is 5.10. The molecule has 0 aliphatic carbocycles. The van der Waals surface area contributed by atoms with Gasteiger partial charge in [0.2, 0.25) is 5.91 Å². The van der Waals surface area contributed by atoms with Crippen LogP contribution in [0.4, 0.5) is 0 Å². The normalized spacial score (nSPS) is 15.1. The van der Waals surface area contributed by atoms with Gasteiger partial charge < -0.3 is 14.6 Å². The molecule has 10 heteroatoms. The Morgan fingerprint density at radius 3 is 2.32 bits per heavy atom. The number of ether oxygens (including phenoxy) is 1. The van der Waals surface area contributed by atoms with Gasteiger partial charge >= 0.3 is 5.97 Å². The number of rotatable bonds is 10. The average Bonchev–Trinajstić information content (AvgIpc) is 3.40. The molecule has 1 N–H and O–H groups in total. The summed E-state index contributed by atoms with van der Waals surface area (Å²) in [5.74, 6) is 0.000646. The molecular weight excluding hydrogens is 538 g/mol. The number of carbonyl (C=O) groups is 3. The molecule has 4 rings (SSSR count). The quantitative estimate of drug-likeness (QED) is 0.264. The fraction of sp³-hybridized carbons (Fsp3) is 0.484. The van der Waals surface area contributed by atoms with Crippen LogP contribution in [-0.2, 0) is 9.53 Å². The molecule has 0 bridgehead atoms. The van der Waals surface area contributed by atoms with E-state index in [2.05, 4.69) is 42.6 Å². The average molecular weight is 580 g/mol. The Morgan fingerprint density at radius 1 is 1.00 bits per heavy atom. The molecule has 2 amide bonds. The van der Waals surface area contributed by atoms with E-state index >= 15 is 0 Å². The summed E-state index contributed by atoms with van der Waals surface area (Å²) in [6, 6.07) is 12.3. The van der Waals surface area contributed by atoms with E-state index in [4.69, 9.17) is 4.74 Å². The van der Waals surface area contributed by atoms with Crippen molar-refractivity contribution < 1.29 is 19.1 Å². The number of carbonyl (C=O) groups excluding carboxylic acids is 3. The number of aromatic amines is 1. The van der Waals surface area contributed by atoms with E-state index in [0.29, 0.717) is 41.7 Å². The molecule has 0 unspecified atom stereocenters. The van der Waals surface area contributed by atoms with Crippen LogP contribution in [0.2, 0.25) is 0 Å². The zero-order valence-corrected chi connectivity index (χ0v) is 25.6. The third kappa shape index (κ3) is 6.93. The predicted molar refractivity (Wildman–Crippen MR) is 162 cm³/mol. The number of piperazine rings is 1. The topological polar surface area (TPSA) is 98.8 Å². The number of esters is 1. The van der Waals surface area contributed by atoms with Crippen molar-refractivity contribution in [2.45, 2.75) is 58.7 Å². The summed E-state index contributed by atoms with van der Waals surface area (Å²) >= 11 is 0.990. The molecule has 2 aromatic heterocycles. The standard InChI is InChI=1S/C31H41N5O4S/c1-7-40-31(39)24-12-10-14-32-28(24)41-36(30(38)26-19-23-11-8-9-13-25(23)33-26)22(6)29(37)35-17-15-34(16-18-35)27(20(2)3)21(4)5/h8-14,19-22,27,33H,7,15-18H2,1-6H3/t22-/m1/s1. The Hall–Kier alpha value is -3.37. The maximum absolute atomic E-state index is 14.0. The van der Waals surface area contributed by atoms with Crippen LogP contribution in [-0.4, -0.2) is 86.7 Å². The second-order valence-electron chi connectivity index (χ2n) is 11.1. The van der Waals surface area contributed by atoms with Gasteiger partial charge in [-0.25, -0.2) is 9.78 Å². The highest BCUT2D eigenvalue weighted by atomic mass is 32.2. The fourth-order valence-corrected chi connectivity index (χ4v) is 6.72. The summed E-state index contributed by atoms with van der Waals surface area (Å²) in [6.45, 7) is 15.4. The van der Waals surface area contributed by atoms with E-state index in [-0.39, 0.29) is 24.0 Å². The lowest BCUT2D eigenvalue weighted by molar-refractivity contribution is -0.136. The van der Waals surface area contributed by atoms with Crippen molar-refractivity contribution in [3.63, 3.8) is 0 Å². The number of hydrogen-bond donors (Lipinski definition) is 1. The van der Waals surface area contributed by atoms with Gasteiger partial charge in [0.1, 0.15) is 16.8 Å². The summed E-state index contributed by atoms with van der Waals surface area (Å²) in [6.07, 6.45) is 1.56. The van der Waals surface area contributed by atoms with Gasteiger partial charge in [0, 0.05) is 61.3 Å². The summed E-state index contributed by atoms with van der Waals surface area (Å²) < 4.78 is 6.65. The molecule has 0 spiro atoms. The van der Waals surface area contributed by atoms with E-state index in [9.17, 15) is 14.4 Å². The van der Waals surface area contributed by atoms with Crippen LogP contribution in [0.15, 0.2) is 53.7 Å². The Bertz CT molecular complexity index is 1320. The monoisotopic (exact) mass is 579 g/mol. The molecule has 9 nitrogen and oxygen atoms in total. The van der Waals surface area contributed by atoms with E-state index in [0.717, 1.165) is 35.9 Å². The number of para-hydroxylation sites is 1. The number of nitrogens with one attached hydrogen (secondary N) is 1. The Kier molecular flexibility index (Phi) is 10.1. The van der Waals surface area contributed by atoms with Gasteiger partial charge in [0.15, 0.2) is 0 Å². The molecule has 220 valence electrons. The third-order valence-electron chi connectivity index (χ3n) is 7.53. The fourth-order valence-electron chi connectivity index (χ4n) is 5.74. The summed E-state index contributed by atoms with van der Waals surface area (Å²) in [7, 11) is 0.